The Morgan fingerprint density at radius 2 is 2.04 bits per heavy atom. The summed E-state index contributed by atoms with van der Waals surface area (Å²) in [6, 6.07) is 11.2. The van der Waals surface area contributed by atoms with Gasteiger partial charge in [-0.3, -0.25) is 9.78 Å². The van der Waals surface area contributed by atoms with E-state index < -0.39 is 0 Å². The topological polar surface area (TPSA) is 36.4 Å². The van der Waals surface area contributed by atoms with Gasteiger partial charge in [-0.1, -0.05) is 6.07 Å². The molecule has 0 unspecified atom stereocenters. The lowest BCUT2D eigenvalue weighted by Crippen LogP contribution is -2.50. The van der Waals surface area contributed by atoms with E-state index in [0.29, 0.717) is 18.4 Å². The number of likely N-dealkylation sites (tertiary alicyclic amines) is 1. The number of fused-ring (bicyclic) bond motifs is 1. The molecule has 1 aromatic carbocycles. The first-order valence-corrected chi connectivity index (χ1v) is 10.2. The van der Waals surface area contributed by atoms with E-state index in [9.17, 15) is 9.18 Å². The molecule has 2 aliphatic rings. The molecule has 0 N–H and O–H groups in total. The van der Waals surface area contributed by atoms with E-state index in [1.54, 1.807) is 6.20 Å². The number of nitrogens with zero attached hydrogens (tertiary/aromatic N) is 3. The van der Waals surface area contributed by atoms with Crippen LogP contribution in [0.5, 0.6) is 0 Å². The van der Waals surface area contributed by atoms with Gasteiger partial charge >= 0.3 is 0 Å². The minimum absolute atomic E-state index is 0.00191. The number of aryl methyl sites for hydroxylation is 1. The molecule has 4 rings (SSSR count). The van der Waals surface area contributed by atoms with Gasteiger partial charge in [0.1, 0.15) is 5.82 Å². The standard InChI is InChI=1S/C23H28FN3O/c1-23(2)14-18-16-26(22(28)10-5-17-4-3-12-25-15-17)13-11-21(18)27(23)20-8-6-19(24)7-9-20/h3-4,6-9,12,15,18,21H,5,10-11,13-14,16H2,1-2H3/t18-,21+/m1/s1. The molecule has 1 amide bonds. The summed E-state index contributed by atoms with van der Waals surface area (Å²) >= 11 is 0. The van der Waals surface area contributed by atoms with Crippen molar-refractivity contribution >= 4 is 11.6 Å². The monoisotopic (exact) mass is 381 g/mol. The molecular weight excluding hydrogens is 353 g/mol. The number of carbonyl (C=O) groups is 1. The molecule has 28 heavy (non-hydrogen) atoms. The number of benzene rings is 1. The minimum atomic E-state index is -0.202. The van der Waals surface area contributed by atoms with Crippen LogP contribution in [0.15, 0.2) is 48.8 Å². The molecule has 1 aromatic heterocycles. The summed E-state index contributed by atoms with van der Waals surface area (Å²) < 4.78 is 13.4. The summed E-state index contributed by atoms with van der Waals surface area (Å²) in [6.07, 6.45) is 6.87. The largest absolute Gasteiger partial charge is 0.363 e. The van der Waals surface area contributed by atoms with Crippen molar-refractivity contribution < 1.29 is 9.18 Å². The summed E-state index contributed by atoms with van der Waals surface area (Å²) in [7, 11) is 0. The Labute approximate surface area is 166 Å². The van der Waals surface area contributed by atoms with Crippen LogP contribution in [0.4, 0.5) is 10.1 Å². The summed E-state index contributed by atoms with van der Waals surface area (Å²) in [5.74, 6) is 0.489. The Balaban J connectivity index is 1.42. The zero-order chi connectivity index (χ0) is 19.7. The Morgan fingerprint density at radius 1 is 1.25 bits per heavy atom. The zero-order valence-corrected chi connectivity index (χ0v) is 16.6. The van der Waals surface area contributed by atoms with Crippen LogP contribution < -0.4 is 4.90 Å². The van der Waals surface area contributed by atoms with Crippen molar-refractivity contribution in [3.8, 4) is 0 Å². The van der Waals surface area contributed by atoms with E-state index in [-0.39, 0.29) is 17.3 Å². The molecule has 2 saturated heterocycles. The van der Waals surface area contributed by atoms with Gasteiger partial charge in [0.25, 0.3) is 0 Å². The molecule has 2 aromatic rings. The van der Waals surface area contributed by atoms with Crippen molar-refractivity contribution in [1.29, 1.82) is 0 Å². The third kappa shape index (κ3) is 3.75. The third-order valence-corrected chi connectivity index (χ3v) is 6.25. The maximum atomic E-state index is 13.4. The van der Waals surface area contributed by atoms with Crippen LogP contribution in [0.3, 0.4) is 0 Å². The van der Waals surface area contributed by atoms with E-state index in [2.05, 4.69) is 23.7 Å². The number of hydrogen-bond acceptors (Lipinski definition) is 3. The molecule has 5 heteroatoms. The van der Waals surface area contributed by atoms with Crippen LogP contribution >= 0.6 is 0 Å². The highest BCUT2D eigenvalue weighted by Gasteiger charge is 2.48. The first-order valence-electron chi connectivity index (χ1n) is 10.2. The number of rotatable bonds is 4. The highest BCUT2D eigenvalue weighted by molar-refractivity contribution is 5.76. The van der Waals surface area contributed by atoms with Gasteiger partial charge in [-0.25, -0.2) is 4.39 Å². The number of pyridine rings is 1. The maximum Gasteiger partial charge on any atom is 0.222 e. The molecule has 2 aliphatic heterocycles. The highest BCUT2D eigenvalue weighted by atomic mass is 19.1. The number of amides is 1. The van der Waals surface area contributed by atoms with Gasteiger partial charge in [-0.15, -0.1) is 0 Å². The van der Waals surface area contributed by atoms with Crippen LogP contribution in [-0.2, 0) is 11.2 Å². The number of anilines is 1. The third-order valence-electron chi connectivity index (χ3n) is 6.25. The van der Waals surface area contributed by atoms with Crippen LogP contribution in [0.2, 0.25) is 0 Å². The molecule has 3 heterocycles. The van der Waals surface area contributed by atoms with Gasteiger partial charge in [0.2, 0.25) is 5.91 Å². The molecular formula is C23H28FN3O. The second-order valence-corrected chi connectivity index (χ2v) is 8.68. The van der Waals surface area contributed by atoms with Crippen LogP contribution in [-0.4, -0.2) is 40.5 Å². The SMILES string of the molecule is CC1(C)C[C@@H]2CN(C(=O)CCc3cccnc3)CC[C@@H]2N1c1ccc(F)cc1. The number of halogens is 1. The van der Waals surface area contributed by atoms with Crippen molar-refractivity contribution in [2.45, 2.75) is 51.1 Å². The molecule has 0 spiro atoms. The Morgan fingerprint density at radius 3 is 2.75 bits per heavy atom. The summed E-state index contributed by atoms with van der Waals surface area (Å²) in [4.78, 5) is 21.4. The smallest absolute Gasteiger partial charge is 0.222 e. The second-order valence-electron chi connectivity index (χ2n) is 8.68. The summed E-state index contributed by atoms with van der Waals surface area (Å²) in [5.41, 5.74) is 2.19. The molecule has 0 bridgehead atoms. The number of carbonyl (C=O) groups excluding carboxylic acids is 1. The quantitative estimate of drug-likeness (QED) is 0.801. The average Bonchev–Trinajstić information content (AvgIpc) is 2.96. The van der Waals surface area contributed by atoms with Gasteiger partial charge in [0, 0.05) is 49.2 Å². The lowest BCUT2D eigenvalue weighted by molar-refractivity contribution is -0.133. The van der Waals surface area contributed by atoms with Crippen LogP contribution in [0, 0.1) is 11.7 Å². The highest BCUT2D eigenvalue weighted by Crippen LogP contribution is 2.44. The molecule has 2 atom stereocenters. The van der Waals surface area contributed by atoms with Crippen molar-refractivity contribution in [2.75, 3.05) is 18.0 Å². The number of piperidine rings is 1. The number of hydrogen-bond donors (Lipinski definition) is 0. The van der Waals surface area contributed by atoms with E-state index in [0.717, 1.165) is 43.6 Å². The first kappa shape index (κ1) is 18.9. The minimum Gasteiger partial charge on any atom is -0.363 e. The molecule has 2 fully saturated rings. The molecule has 0 aliphatic carbocycles. The fraction of sp³-hybridized carbons (Fsp3) is 0.478. The predicted molar refractivity (Wildman–Crippen MR) is 109 cm³/mol. The van der Waals surface area contributed by atoms with Gasteiger partial charge in [-0.05, 0) is 74.9 Å². The Bertz CT molecular complexity index is 822. The van der Waals surface area contributed by atoms with Crippen molar-refractivity contribution in [3.05, 3.63) is 60.2 Å². The van der Waals surface area contributed by atoms with E-state index in [4.69, 9.17) is 0 Å². The lowest BCUT2D eigenvalue weighted by Gasteiger charge is -2.42. The Hall–Kier alpha value is -2.43. The molecule has 0 radical (unpaired) electrons. The normalized spacial score (nSPS) is 23.5. The Kier molecular flexibility index (Phi) is 5.09. The lowest BCUT2D eigenvalue weighted by atomic mass is 9.89. The molecule has 0 saturated carbocycles. The van der Waals surface area contributed by atoms with Gasteiger partial charge in [0.15, 0.2) is 0 Å². The van der Waals surface area contributed by atoms with Crippen LogP contribution in [0.25, 0.3) is 0 Å². The summed E-state index contributed by atoms with van der Waals surface area (Å²) in [6.45, 7) is 6.12. The molecule has 4 nitrogen and oxygen atoms in total. The van der Waals surface area contributed by atoms with Crippen molar-refractivity contribution in [1.82, 2.24) is 9.88 Å². The predicted octanol–water partition coefficient (Wildman–Crippen LogP) is 4.06. The van der Waals surface area contributed by atoms with Crippen molar-refractivity contribution in [3.63, 3.8) is 0 Å². The first-order chi connectivity index (χ1) is 13.4. The fourth-order valence-electron chi connectivity index (χ4n) is 5.07. The molecule has 148 valence electrons. The van der Waals surface area contributed by atoms with E-state index in [1.165, 1.54) is 12.1 Å². The van der Waals surface area contributed by atoms with Crippen LogP contribution in [0.1, 0.15) is 38.7 Å². The van der Waals surface area contributed by atoms with Gasteiger partial charge < -0.3 is 9.80 Å². The second kappa shape index (κ2) is 7.53. The maximum absolute atomic E-state index is 13.4. The van der Waals surface area contributed by atoms with Gasteiger partial charge in [-0.2, -0.15) is 0 Å². The zero-order valence-electron chi connectivity index (χ0n) is 16.6. The van der Waals surface area contributed by atoms with Crippen molar-refractivity contribution in [2.24, 2.45) is 5.92 Å². The van der Waals surface area contributed by atoms with Gasteiger partial charge in [0.05, 0.1) is 0 Å². The summed E-state index contributed by atoms with van der Waals surface area (Å²) in [5, 5.41) is 0. The van der Waals surface area contributed by atoms with E-state index in [1.807, 2.05) is 35.4 Å². The fourth-order valence-corrected chi connectivity index (χ4v) is 5.07. The average molecular weight is 381 g/mol. The van der Waals surface area contributed by atoms with E-state index >= 15 is 0 Å². The number of aromatic nitrogens is 1.